The van der Waals surface area contributed by atoms with E-state index in [1.165, 1.54) is 12.0 Å². The van der Waals surface area contributed by atoms with Gasteiger partial charge in [0.1, 0.15) is 6.54 Å². The van der Waals surface area contributed by atoms with Crippen LogP contribution >= 0.6 is 0 Å². The molecule has 0 aliphatic rings. The first-order valence-electron chi connectivity index (χ1n) is 4.53. The fourth-order valence-corrected chi connectivity index (χ4v) is 0.868. The number of rotatable bonds is 4. The summed E-state index contributed by atoms with van der Waals surface area (Å²) in [7, 11) is 1.28. The van der Waals surface area contributed by atoms with Gasteiger partial charge in [-0.15, -0.1) is 0 Å². The molecule has 0 fully saturated rings. The maximum absolute atomic E-state index is 11.3. The van der Waals surface area contributed by atoms with Gasteiger partial charge in [0.2, 0.25) is 0 Å². The summed E-state index contributed by atoms with van der Waals surface area (Å²) >= 11 is 0. The Morgan fingerprint density at radius 2 is 1.93 bits per heavy atom. The fraction of sp³-hybridized carbons (Fsp3) is 0.778. The van der Waals surface area contributed by atoms with Gasteiger partial charge >= 0.3 is 12.1 Å². The van der Waals surface area contributed by atoms with Gasteiger partial charge in [0.15, 0.2) is 0 Å². The van der Waals surface area contributed by atoms with E-state index in [9.17, 15) is 9.59 Å². The number of hydrogen-bond donors (Lipinski definition) is 0. The van der Waals surface area contributed by atoms with E-state index < -0.39 is 12.1 Å². The molecular weight excluding hydrogens is 186 g/mol. The van der Waals surface area contributed by atoms with E-state index in [4.69, 9.17) is 4.74 Å². The molecule has 0 N–H and O–H groups in total. The molecule has 0 saturated carbocycles. The van der Waals surface area contributed by atoms with Crippen LogP contribution in [-0.4, -0.2) is 43.3 Å². The first-order valence-corrected chi connectivity index (χ1v) is 4.53. The lowest BCUT2D eigenvalue weighted by Crippen LogP contribution is -2.41. The van der Waals surface area contributed by atoms with E-state index in [-0.39, 0.29) is 12.6 Å². The molecule has 0 aromatic heterocycles. The second-order valence-electron chi connectivity index (χ2n) is 3.00. The molecule has 1 amide bonds. The lowest BCUT2D eigenvalue weighted by molar-refractivity contribution is -0.142. The molecule has 0 aromatic carbocycles. The van der Waals surface area contributed by atoms with Crippen molar-refractivity contribution in [1.29, 1.82) is 0 Å². The largest absolute Gasteiger partial charge is 0.468 e. The molecule has 5 nitrogen and oxygen atoms in total. The third-order valence-corrected chi connectivity index (χ3v) is 1.65. The molecule has 0 radical (unpaired) electrons. The monoisotopic (exact) mass is 203 g/mol. The van der Waals surface area contributed by atoms with Gasteiger partial charge < -0.3 is 9.47 Å². The summed E-state index contributed by atoms with van der Waals surface area (Å²) in [4.78, 5) is 23.6. The van der Waals surface area contributed by atoms with E-state index in [0.29, 0.717) is 6.61 Å². The summed E-state index contributed by atoms with van der Waals surface area (Å²) in [6.45, 7) is 5.55. The third kappa shape index (κ3) is 4.11. The van der Waals surface area contributed by atoms with E-state index >= 15 is 0 Å². The summed E-state index contributed by atoms with van der Waals surface area (Å²) in [5, 5.41) is 0. The molecule has 14 heavy (non-hydrogen) atoms. The van der Waals surface area contributed by atoms with Crippen molar-refractivity contribution in [2.75, 3.05) is 20.3 Å². The first-order chi connectivity index (χ1) is 6.52. The molecule has 0 aliphatic heterocycles. The predicted octanol–water partition coefficient (Wildman–Crippen LogP) is 1.03. The van der Waals surface area contributed by atoms with Gasteiger partial charge in [0, 0.05) is 6.04 Å². The zero-order valence-corrected chi connectivity index (χ0v) is 9.07. The maximum atomic E-state index is 11.3. The number of carbonyl (C=O) groups excluding carboxylic acids is 2. The van der Waals surface area contributed by atoms with Crippen molar-refractivity contribution in [3.63, 3.8) is 0 Å². The molecule has 5 heteroatoms. The van der Waals surface area contributed by atoms with Crippen LogP contribution in [0.2, 0.25) is 0 Å². The summed E-state index contributed by atoms with van der Waals surface area (Å²) in [5.74, 6) is -0.452. The third-order valence-electron chi connectivity index (χ3n) is 1.65. The van der Waals surface area contributed by atoms with Crippen LogP contribution in [0.4, 0.5) is 4.79 Å². The molecule has 0 unspecified atom stereocenters. The van der Waals surface area contributed by atoms with Crippen molar-refractivity contribution >= 4 is 12.1 Å². The number of hydrogen-bond acceptors (Lipinski definition) is 4. The van der Waals surface area contributed by atoms with Gasteiger partial charge in [-0.05, 0) is 20.8 Å². The number of ether oxygens (including phenoxy) is 2. The standard InChI is InChI=1S/C9H17NO4/c1-5-14-9(12)10(7(2)3)6-8(11)13-4/h7H,5-6H2,1-4H3. The van der Waals surface area contributed by atoms with Gasteiger partial charge in [0.25, 0.3) is 0 Å². The highest BCUT2D eigenvalue weighted by Gasteiger charge is 2.21. The predicted molar refractivity (Wildman–Crippen MR) is 50.9 cm³/mol. The molecule has 0 bridgehead atoms. The smallest absolute Gasteiger partial charge is 0.410 e. The number of esters is 1. The Hall–Kier alpha value is -1.26. The molecule has 0 saturated heterocycles. The molecular formula is C9H17NO4. The van der Waals surface area contributed by atoms with Crippen LogP contribution in [-0.2, 0) is 14.3 Å². The zero-order chi connectivity index (χ0) is 11.1. The highest BCUT2D eigenvalue weighted by Crippen LogP contribution is 2.01. The Morgan fingerprint density at radius 3 is 2.29 bits per heavy atom. The van der Waals surface area contributed by atoms with Crippen LogP contribution < -0.4 is 0 Å². The first kappa shape index (κ1) is 12.7. The lowest BCUT2D eigenvalue weighted by atomic mass is 10.3. The Kier molecular flexibility index (Phi) is 5.67. The van der Waals surface area contributed by atoms with Crippen molar-refractivity contribution in [3.05, 3.63) is 0 Å². The molecule has 0 spiro atoms. The minimum atomic E-state index is -0.493. The van der Waals surface area contributed by atoms with Crippen LogP contribution in [0.3, 0.4) is 0 Å². The lowest BCUT2D eigenvalue weighted by Gasteiger charge is -2.24. The van der Waals surface area contributed by atoms with Gasteiger partial charge in [0.05, 0.1) is 13.7 Å². The topological polar surface area (TPSA) is 55.8 Å². The SMILES string of the molecule is CCOC(=O)N(CC(=O)OC)C(C)C. The quantitative estimate of drug-likeness (QED) is 0.640. The fourth-order valence-electron chi connectivity index (χ4n) is 0.868. The Balaban J connectivity index is 4.29. The second-order valence-corrected chi connectivity index (χ2v) is 3.00. The summed E-state index contributed by atoms with van der Waals surface area (Å²) < 4.78 is 9.26. The molecule has 82 valence electrons. The number of nitrogens with zero attached hydrogens (tertiary/aromatic N) is 1. The average Bonchev–Trinajstić information content (AvgIpc) is 2.13. The van der Waals surface area contributed by atoms with Crippen LogP contribution in [0.1, 0.15) is 20.8 Å². The summed E-state index contributed by atoms with van der Waals surface area (Å²) in [6, 6.07) is -0.0897. The average molecular weight is 203 g/mol. The van der Waals surface area contributed by atoms with Crippen molar-refractivity contribution in [3.8, 4) is 0 Å². The molecule has 0 heterocycles. The molecule has 0 aliphatic carbocycles. The second kappa shape index (κ2) is 6.23. The van der Waals surface area contributed by atoms with Crippen molar-refractivity contribution in [1.82, 2.24) is 4.90 Å². The molecule has 0 aromatic rings. The van der Waals surface area contributed by atoms with Crippen molar-refractivity contribution in [2.24, 2.45) is 0 Å². The molecule has 0 atom stereocenters. The Labute approximate surface area is 84.0 Å². The van der Waals surface area contributed by atoms with Gasteiger partial charge in [-0.3, -0.25) is 9.69 Å². The number of methoxy groups -OCH3 is 1. The molecule has 0 rings (SSSR count). The van der Waals surface area contributed by atoms with Gasteiger partial charge in [-0.2, -0.15) is 0 Å². The van der Waals surface area contributed by atoms with Crippen LogP contribution in [0, 0.1) is 0 Å². The van der Waals surface area contributed by atoms with E-state index in [0.717, 1.165) is 0 Å². The highest BCUT2D eigenvalue weighted by atomic mass is 16.6. The van der Waals surface area contributed by atoms with Gasteiger partial charge in [-0.25, -0.2) is 4.79 Å². The van der Waals surface area contributed by atoms with E-state index in [2.05, 4.69) is 4.74 Å². The normalized spacial score (nSPS) is 9.79. The van der Waals surface area contributed by atoms with Crippen LogP contribution in [0.25, 0.3) is 0 Å². The Morgan fingerprint density at radius 1 is 1.36 bits per heavy atom. The van der Waals surface area contributed by atoms with Crippen molar-refractivity contribution < 1.29 is 19.1 Å². The minimum Gasteiger partial charge on any atom is -0.468 e. The van der Waals surface area contributed by atoms with E-state index in [1.54, 1.807) is 20.8 Å². The number of carbonyl (C=O) groups is 2. The minimum absolute atomic E-state index is 0.0764. The zero-order valence-electron chi connectivity index (χ0n) is 9.07. The Bertz CT molecular complexity index is 203. The van der Waals surface area contributed by atoms with Crippen LogP contribution in [0.5, 0.6) is 0 Å². The maximum Gasteiger partial charge on any atom is 0.410 e. The van der Waals surface area contributed by atoms with Crippen LogP contribution in [0.15, 0.2) is 0 Å². The van der Waals surface area contributed by atoms with E-state index in [1.807, 2.05) is 0 Å². The van der Waals surface area contributed by atoms with Crippen molar-refractivity contribution in [2.45, 2.75) is 26.8 Å². The number of amides is 1. The van der Waals surface area contributed by atoms with Gasteiger partial charge in [-0.1, -0.05) is 0 Å². The highest BCUT2D eigenvalue weighted by molar-refractivity contribution is 5.78. The summed E-state index contributed by atoms with van der Waals surface area (Å²) in [6.07, 6.45) is -0.493. The summed E-state index contributed by atoms with van der Waals surface area (Å²) in [5.41, 5.74) is 0.